The molecule has 8 nitrogen and oxygen atoms in total. The summed E-state index contributed by atoms with van der Waals surface area (Å²) in [5.41, 5.74) is 4.24. The molecule has 0 spiro atoms. The molecular weight excluding hydrogens is 482 g/mol. The number of aryl methyl sites for hydroxylation is 1. The summed E-state index contributed by atoms with van der Waals surface area (Å²) in [5.74, 6) is 1.03. The molecule has 2 aromatic heterocycles. The van der Waals surface area contributed by atoms with E-state index >= 15 is 0 Å². The average Bonchev–Trinajstić information content (AvgIpc) is 3.55. The number of piperidine rings is 1. The number of nitrogens with zero attached hydrogens (tertiary/aromatic N) is 6. The normalized spacial score (nSPS) is 17.8. The van der Waals surface area contributed by atoms with Gasteiger partial charge in [-0.1, -0.05) is 23.5 Å². The zero-order valence-corrected chi connectivity index (χ0v) is 21.6. The zero-order chi connectivity index (χ0) is 24.9. The van der Waals surface area contributed by atoms with Crippen LogP contribution in [0.3, 0.4) is 0 Å². The molecule has 2 fully saturated rings. The minimum Gasteiger partial charge on any atom is -0.356 e. The Kier molecular flexibility index (Phi) is 8.04. The SMILES string of the molecule is C#N.CSNc1ccc(Cl)cc1C(=O)N1CCCCC1c1cc2nc(N3CCCC3)c(C)cn2n1. The van der Waals surface area contributed by atoms with Crippen LogP contribution in [-0.4, -0.2) is 51.3 Å². The van der Waals surface area contributed by atoms with Crippen molar-refractivity contribution in [2.24, 2.45) is 0 Å². The molecule has 0 bridgehead atoms. The third-order valence-corrected chi connectivity index (χ3v) is 7.22. The first-order valence-electron chi connectivity index (χ1n) is 11.8. The fourth-order valence-electron chi connectivity index (χ4n) is 4.96. The molecule has 1 aromatic carbocycles. The molecular formula is C25H30ClN7OS. The van der Waals surface area contributed by atoms with Crippen molar-refractivity contribution in [1.29, 1.82) is 5.26 Å². The Morgan fingerprint density at radius 1 is 1.17 bits per heavy atom. The molecule has 1 N–H and O–H groups in total. The lowest BCUT2D eigenvalue weighted by molar-refractivity contribution is 0.0607. The van der Waals surface area contributed by atoms with Gasteiger partial charge in [0, 0.05) is 55.3 Å². The van der Waals surface area contributed by atoms with E-state index < -0.39 is 0 Å². The third kappa shape index (κ3) is 5.19. The molecule has 1 amide bonds. The van der Waals surface area contributed by atoms with Gasteiger partial charge in [-0.05, 0) is 57.2 Å². The Morgan fingerprint density at radius 2 is 1.91 bits per heavy atom. The van der Waals surface area contributed by atoms with E-state index in [1.165, 1.54) is 24.8 Å². The van der Waals surface area contributed by atoms with Crippen molar-refractivity contribution in [3.8, 4) is 6.57 Å². The Hall–Kier alpha value is -2.96. The number of rotatable bonds is 5. The molecule has 0 saturated carbocycles. The number of anilines is 2. The first-order chi connectivity index (χ1) is 17.0. The van der Waals surface area contributed by atoms with Gasteiger partial charge in [0.25, 0.3) is 5.91 Å². The van der Waals surface area contributed by atoms with E-state index in [9.17, 15) is 4.79 Å². The number of carbonyl (C=O) groups is 1. The molecule has 1 unspecified atom stereocenters. The standard InChI is InChI=1S/C24H29ClN6OS.CHN/c1-16-15-31-22(26-23(16)29-10-5-6-11-29)14-20(27-31)21-7-3-4-12-30(21)24(32)18-13-17(25)8-9-19(18)28-33-2;1-2/h8-9,13-15,21,28H,3-7,10-12H2,1-2H3;1H. The maximum absolute atomic E-state index is 13.7. The fourth-order valence-corrected chi connectivity index (χ4v) is 5.53. The van der Waals surface area contributed by atoms with Crippen molar-refractivity contribution in [1.82, 2.24) is 19.5 Å². The van der Waals surface area contributed by atoms with Gasteiger partial charge in [-0.2, -0.15) is 5.10 Å². The van der Waals surface area contributed by atoms with Gasteiger partial charge in [-0.15, -0.1) is 0 Å². The summed E-state index contributed by atoms with van der Waals surface area (Å²) in [7, 11) is 0. The van der Waals surface area contributed by atoms with Crippen LogP contribution in [0, 0.1) is 18.8 Å². The summed E-state index contributed by atoms with van der Waals surface area (Å²) < 4.78 is 5.08. The second-order valence-electron chi connectivity index (χ2n) is 8.82. The van der Waals surface area contributed by atoms with E-state index in [-0.39, 0.29) is 11.9 Å². The van der Waals surface area contributed by atoms with Crippen molar-refractivity contribution in [2.75, 3.05) is 35.5 Å². The summed E-state index contributed by atoms with van der Waals surface area (Å²) in [6.45, 7) is 8.41. The number of fused-ring (bicyclic) bond motifs is 1. The Morgan fingerprint density at radius 3 is 2.66 bits per heavy atom. The van der Waals surface area contributed by atoms with Gasteiger partial charge in [0.05, 0.1) is 23.0 Å². The van der Waals surface area contributed by atoms with Gasteiger partial charge in [-0.25, -0.2) is 14.8 Å². The Balaban J connectivity index is 0.00000141. The van der Waals surface area contributed by atoms with Gasteiger partial charge in [-0.3, -0.25) is 4.79 Å². The number of carbonyl (C=O) groups excluding carboxylic acids is 1. The molecule has 2 aliphatic rings. The van der Waals surface area contributed by atoms with Crippen molar-refractivity contribution in [2.45, 2.75) is 45.1 Å². The van der Waals surface area contributed by atoms with E-state index in [2.05, 4.69) is 29.3 Å². The molecule has 2 aliphatic heterocycles. The van der Waals surface area contributed by atoms with Crippen molar-refractivity contribution >= 4 is 46.6 Å². The first kappa shape index (κ1) is 25.1. The Bertz CT molecular complexity index is 1220. The quantitative estimate of drug-likeness (QED) is 0.453. The molecule has 5 rings (SSSR count). The largest absolute Gasteiger partial charge is 0.356 e. The van der Waals surface area contributed by atoms with E-state index in [0.29, 0.717) is 17.1 Å². The number of amides is 1. The van der Waals surface area contributed by atoms with Crippen LogP contribution < -0.4 is 9.62 Å². The van der Waals surface area contributed by atoms with Crippen LogP contribution in [-0.2, 0) is 0 Å². The van der Waals surface area contributed by atoms with Crippen LogP contribution in [0.5, 0.6) is 0 Å². The second-order valence-corrected chi connectivity index (χ2v) is 9.87. The lowest BCUT2D eigenvalue weighted by atomic mass is 9.98. The monoisotopic (exact) mass is 511 g/mol. The highest BCUT2D eigenvalue weighted by molar-refractivity contribution is 7.99. The number of halogens is 1. The highest BCUT2D eigenvalue weighted by atomic mass is 35.5. The molecule has 0 aliphatic carbocycles. The summed E-state index contributed by atoms with van der Waals surface area (Å²) >= 11 is 7.72. The van der Waals surface area contributed by atoms with Gasteiger partial charge in [0.1, 0.15) is 5.82 Å². The summed E-state index contributed by atoms with van der Waals surface area (Å²) in [6, 6.07) is 7.39. The number of hydrogen-bond acceptors (Lipinski definition) is 7. The smallest absolute Gasteiger partial charge is 0.256 e. The van der Waals surface area contributed by atoms with Crippen LogP contribution >= 0.6 is 23.5 Å². The van der Waals surface area contributed by atoms with E-state index in [0.717, 1.165) is 60.8 Å². The molecule has 184 valence electrons. The maximum Gasteiger partial charge on any atom is 0.256 e. The van der Waals surface area contributed by atoms with Gasteiger partial charge in [0.2, 0.25) is 0 Å². The third-order valence-electron chi connectivity index (χ3n) is 6.56. The average molecular weight is 512 g/mol. The fraction of sp³-hybridized carbons (Fsp3) is 0.440. The summed E-state index contributed by atoms with van der Waals surface area (Å²) in [6.07, 6.45) is 9.37. The van der Waals surface area contributed by atoms with Gasteiger partial charge >= 0.3 is 0 Å². The highest BCUT2D eigenvalue weighted by Gasteiger charge is 2.32. The van der Waals surface area contributed by atoms with Crippen LogP contribution in [0.2, 0.25) is 5.02 Å². The van der Waals surface area contributed by atoms with Crippen LogP contribution in [0.25, 0.3) is 5.65 Å². The van der Waals surface area contributed by atoms with Crippen LogP contribution in [0.15, 0.2) is 30.5 Å². The lowest BCUT2D eigenvalue weighted by Gasteiger charge is -2.35. The van der Waals surface area contributed by atoms with E-state index in [1.807, 2.05) is 27.8 Å². The van der Waals surface area contributed by atoms with Gasteiger partial charge in [0.15, 0.2) is 5.65 Å². The lowest BCUT2D eigenvalue weighted by Crippen LogP contribution is -2.39. The summed E-state index contributed by atoms with van der Waals surface area (Å²) in [4.78, 5) is 22.9. The number of hydrogen-bond donors (Lipinski definition) is 1. The highest BCUT2D eigenvalue weighted by Crippen LogP contribution is 2.34. The second kappa shape index (κ2) is 11.2. The molecule has 35 heavy (non-hydrogen) atoms. The molecule has 3 aromatic rings. The predicted octanol–water partition coefficient (Wildman–Crippen LogP) is 5.49. The predicted molar refractivity (Wildman–Crippen MR) is 142 cm³/mol. The number of nitriles is 1. The molecule has 0 radical (unpaired) electrons. The summed E-state index contributed by atoms with van der Waals surface area (Å²) in [5, 5.41) is 11.9. The number of nitrogens with one attached hydrogen (secondary N) is 1. The topological polar surface area (TPSA) is 89.6 Å². The van der Waals surface area contributed by atoms with Crippen molar-refractivity contribution in [3.63, 3.8) is 0 Å². The number of likely N-dealkylation sites (tertiary alicyclic amines) is 1. The van der Waals surface area contributed by atoms with Crippen molar-refractivity contribution in [3.05, 3.63) is 52.3 Å². The molecule has 10 heteroatoms. The van der Waals surface area contributed by atoms with Crippen LogP contribution in [0.4, 0.5) is 11.5 Å². The van der Waals surface area contributed by atoms with E-state index in [1.54, 1.807) is 12.1 Å². The molecule has 4 heterocycles. The van der Waals surface area contributed by atoms with E-state index in [4.69, 9.17) is 26.9 Å². The zero-order valence-electron chi connectivity index (χ0n) is 20.1. The Labute approximate surface area is 215 Å². The minimum atomic E-state index is -0.0791. The van der Waals surface area contributed by atoms with Crippen molar-refractivity contribution < 1.29 is 4.79 Å². The minimum absolute atomic E-state index is 0.0160. The number of benzene rings is 1. The molecule has 2 saturated heterocycles. The first-order valence-corrected chi connectivity index (χ1v) is 13.4. The maximum atomic E-state index is 13.7. The molecule has 1 atom stereocenters. The number of aromatic nitrogens is 3. The van der Waals surface area contributed by atoms with Gasteiger partial charge < -0.3 is 14.5 Å². The van der Waals surface area contributed by atoms with Crippen LogP contribution in [0.1, 0.15) is 59.8 Å².